The highest BCUT2D eigenvalue weighted by atomic mass is 35.5. The molecule has 1 fully saturated rings. The SMILES string of the molecule is CC(C)(C)OC=O.Oc1ccc(Cl)cc1-c1ccnn1C1CNC1. The number of hydrogen-bond donors (Lipinski definition) is 2. The van der Waals surface area contributed by atoms with Crippen LogP contribution in [-0.4, -0.2) is 40.0 Å². The van der Waals surface area contributed by atoms with E-state index in [4.69, 9.17) is 11.6 Å². The maximum atomic E-state index is 9.89. The van der Waals surface area contributed by atoms with Gasteiger partial charge >= 0.3 is 0 Å². The number of benzene rings is 1. The quantitative estimate of drug-likeness (QED) is 0.831. The molecule has 1 saturated heterocycles. The van der Waals surface area contributed by atoms with Gasteiger partial charge in [-0.05, 0) is 45.0 Å². The van der Waals surface area contributed by atoms with Gasteiger partial charge in [-0.25, -0.2) is 0 Å². The van der Waals surface area contributed by atoms with Crippen molar-refractivity contribution in [1.82, 2.24) is 15.1 Å². The Bertz CT molecular complexity index is 691. The maximum Gasteiger partial charge on any atom is 0.293 e. The minimum Gasteiger partial charge on any atom is -0.507 e. The Morgan fingerprint density at radius 3 is 2.58 bits per heavy atom. The summed E-state index contributed by atoms with van der Waals surface area (Å²) in [5.74, 6) is 0.225. The molecule has 6 nitrogen and oxygen atoms in total. The van der Waals surface area contributed by atoms with Gasteiger partial charge in [0.2, 0.25) is 0 Å². The molecule has 0 aliphatic carbocycles. The van der Waals surface area contributed by atoms with Crippen molar-refractivity contribution in [3.8, 4) is 17.0 Å². The first-order valence-electron chi connectivity index (χ1n) is 7.66. The summed E-state index contributed by atoms with van der Waals surface area (Å²) in [4.78, 5) is 9.60. The Labute approximate surface area is 146 Å². The molecular weight excluding hydrogens is 330 g/mol. The van der Waals surface area contributed by atoms with Crippen LogP contribution in [0.25, 0.3) is 11.3 Å². The molecule has 24 heavy (non-hydrogen) atoms. The molecule has 2 aromatic rings. The Morgan fingerprint density at radius 2 is 2.08 bits per heavy atom. The van der Waals surface area contributed by atoms with Crippen molar-refractivity contribution in [3.63, 3.8) is 0 Å². The zero-order chi connectivity index (χ0) is 17.7. The average Bonchev–Trinajstić information content (AvgIpc) is 2.88. The first-order valence-corrected chi connectivity index (χ1v) is 8.04. The smallest absolute Gasteiger partial charge is 0.293 e. The van der Waals surface area contributed by atoms with Gasteiger partial charge in [0.15, 0.2) is 0 Å². The zero-order valence-electron chi connectivity index (χ0n) is 14.0. The Kier molecular flexibility index (Phi) is 5.85. The predicted octanol–water partition coefficient (Wildman–Crippen LogP) is 3.01. The summed E-state index contributed by atoms with van der Waals surface area (Å²) in [5.41, 5.74) is 1.31. The maximum absolute atomic E-state index is 9.89. The van der Waals surface area contributed by atoms with Crippen LogP contribution in [0.1, 0.15) is 26.8 Å². The predicted molar refractivity (Wildman–Crippen MR) is 93.1 cm³/mol. The summed E-state index contributed by atoms with van der Waals surface area (Å²) in [6.45, 7) is 7.75. The number of hydrogen-bond acceptors (Lipinski definition) is 5. The van der Waals surface area contributed by atoms with E-state index >= 15 is 0 Å². The number of ether oxygens (including phenoxy) is 1. The van der Waals surface area contributed by atoms with Crippen molar-refractivity contribution in [2.45, 2.75) is 32.4 Å². The molecule has 0 amide bonds. The lowest BCUT2D eigenvalue weighted by atomic mass is 10.1. The number of rotatable bonds is 3. The molecule has 1 aliphatic rings. The lowest BCUT2D eigenvalue weighted by Crippen LogP contribution is -2.44. The molecular formula is C17H22ClN3O3. The van der Waals surface area contributed by atoms with Crippen molar-refractivity contribution in [3.05, 3.63) is 35.5 Å². The standard InChI is InChI=1S/C12H12ClN3O.C5H10O2/c13-8-1-2-12(17)10(5-8)11-3-4-15-16(11)9-6-14-7-9;1-5(2,3)7-4-6/h1-5,9,14,17H,6-7H2;4H,1-3H3. The van der Waals surface area contributed by atoms with Crippen LogP contribution in [0.5, 0.6) is 5.75 Å². The van der Waals surface area contributed by atoms with E-state index in [9.17, 15) is 9.90 Å². The summed E-state index contributed by atoms with van der Waals surface area (Å²) < 4.78 is 6.48. The van der Waals surface area contributed by atoms with E-state index in [1.807, 2.05) is 31.5 Å². The number of halogens is 1. The number of nitrogens with one attached hydrogen (secondary N) is 1. The van der Waals surface area contributed by atoms with Gasteiger partial charge in [-0.2, -0.15) is 5.10 Å². The summed E-state index contributed by atoms with van der Waals surface area (Å²) >= 11 is 5.96. The van der Waals surface area contributed by atoms with Gasteiger partial charge in [0.25, 0.3) is 6.47 Å². The second-order valence-corrected chi connectivity index (χ2v) is 6.90. The molecule has 1 aliphatic heterocycles. The van der Waals surface area contributed by atoms with Gasteiger partial charge in [0.1, 0.15) is 11.4 Å². The monoisotopic (exact) mass is 351 g/mol. The zero-order valence-corrected chi connectivity index (χ0v) is 14.7. The van der Waals surface area contributed by atoms with Gasteiger partial charge < -0.3 is 15.2 Å². The fourth-order valence-electron chi connectivity index (χ4n) is 2.12. The fourth-order valence-corrected chi connectivity index (χ4v) is 2.29. The van der Waals surface area contributed by atoms with Crippen LogP contribution in [0.15, 0.2) is 30.5 Å². The second kappa shape index (κ2) is 7.68. The van der Waals surface area contributed by atoms with Gasteiger partial charge in [-0.1, -0.05) is 11.6 Å². The highest BCUT2D eigenvalue weighted by molar-refractivity contribution is 6.30. The number of phenols is 1. The topological polar surface area (TPSA) is 76.4 Å². The number of carbonyl (C=O) groups is 1. The molecule has 2 N–H and O–H groups in total. The highest BCUT2D eigenvalue weighted by Crippen LogP contribution is 2.33. The Hall–Kier alpha value is -2.05. The number of aromatic hydroxyl groups is 1. The number of aromatic nitrogens is 2. The number of phenolic OH excluding ortho intramolecular Hbond substituents is 1. The second-order valence-electron chi connectivity index (χ2n) is 6.46. The molecule has 1 aromatic carbocycles. The minimum atomic E-state index is -0.318. The molecule has 0 bridgehead atoms. The Morgan fingerprint density at radius 1 is 1.38 bits per heavy atom. The van der Waals surface area contributed by atoms with Crippen LogP contribution in [0.3, 0.4) is 0 Å². The molecule has 2 heterocycles. The third kappa shape index (κ3) is 4.72. The first-order chi connectivity index (χ1) is 11.3. The molecule has 1 aromatic heterocycles. The largest absolute Gasteiger partial charge is 0.507 e. The van der Waals surface area contributed by atoms with Crippen LogP contribution >= 0.6 is 11.6 Å². The Balaban J connectivity index is 0.000000256. The first kappa shape index (κ1) is 18.3. The molecule has 0 unspecified atom stereocenters. The lowest BCUT2D eigenvalue weighted by molar-refractivity contribution is -0.138. The summed E-state index contributed by atoms with van der Waals surface area (Å²) in [7, 11) is 0. The normalized spacial score (nSPS) is 14.3. The van der Waals surface area contributed by atoms with Crippen LogP contribution in [0.2, 0.25) is 5.02 Å². The molecule has 0 spiro atoms. The summed E-state index contributed by atoms with van der Waals surface area (Å²) in [5, 5.41) is 18.0. The van der Waals surface area contributed by atoms with E-state index < -0.39 is 0 Å². The highest BCUT2D eigenvalue weighted by Gasteiger charge is 2.23. The van der Waals surface area contributed by atoms with Crippen molar-refractivity contribution < 1.29 is 14.6 Å². The molecule has 0 saturated carbocycles. The average molecular weight is 352 g/mol. The number of nitrogens with zero attached hydrogens (tertiary/aromatic N) is 2. The van der Waals surface area contributed by atoms with Crippen molar-refractivity contribution in [2.75, 3.05) is 13.1 Å². The van der Waals surface area contributed by atoms with E-state index in [0.29, 0.717) is 17.5 Å². The van der Waals surface area contributed by atoms with E-state index in [1.165, 1.54) is 0 Å². The van der Waals surface area contributed by atoms with Gasteiger partial charge in [-0.3, -0.25) is 9.48 Å². The van der Waals surface area contributed by atoms with Crippen molar-refractivity contribution in [2.24, 2.45) is 0 Å². The van der Waals surface area contributed by atoms with E-state index in [-0.39, 0.29) is 11.4 Å². The van der Waals surface area contributed by atoms with Crippen LogP contribution < -0.4 is 5.32 Å². The van der Waals surface area contributed by atoms with Crippen LogP contribution in [0.4, 0.5) is 0 Å². The van der Waals surface area contributed by atoms with Gasteiger partial charge in [0.05, 0.1) is 11.7 Å². The molecule has 7 heteroatoms. The van der Waals surface area contributed by atoms with Crippen molar-refractivity contribution >= 4 is 18.1 Å². The van der Waals surface area contributed by atoms with Gasteiger partial charge in [-0.15, -0.1) is 0 Å². The third-order valence-corrected chi connectivity index (χ3v) is 3.65. The molecule has 3 rings (SSSR count). The molecule has 130 valence electrons. The third-order valence-electron chi connectivity index (χ3n) is 3.41. The fraction of sp³-hybridized carbons (Fsp3) is 0.412. The minimum absolute atomic E-state index is 0.225. The van der Waals surface area contributed by atoms with Crippen LogP contribution in [0, 0.1) is 0 Å². The van der Waals surface area contributed by atoms with E-state index in [0.717, 1.165) is 24.3 Å². The summed E-state index contributed by atoms with van der Waals surface area (Å²) in [6.07, 6.45) is 1.74. The van der Waals surface area contributed by atoms with E-state index in [2.05, 4.69) is 15.2 Å². The van der Waals surface area contributed by atoms with E-state index in [1.54, 1.807) is 24.4 Å². The lowest BCUT2D eigenvalue weighted by Gasteiger charge is -2.29. The van der Waals surface area contributed by atoms with Crippen molar-refractivity contribution in [1.29, 1.82) is 0 Å². The van der Waals surface area contributed by atoms with Crippen LogP contribution in [-0.2, 0) is 9.53 Å². The number of carbonyl (C=O) groups excluding carboxylic acids is 1. The summed E-state index contributed by atoms with van der Waals surface area (Å²) in [6, 6.07) is 7.29. The van der Waals surface area contributed by atoms with Gasteiger partial charge in [0, 0.05) is 29.9 Å². The molecule has 0 radical (unpaired) electrons. The molecule has 0 atom stereocenters.